The Morgan fingerprint density at radius 3 is 2.28 bits per heavy atom. The first-order valence-corrected chi connectivity index (χ1v) is 9.01. The summed E-state index contributed by atoms with van der Waals surface area (Å²) in [5.41, 5.74) is 0.633. The first-order chi connectivity index (χ1) is 14.1. The Kier molecular flexibility index (Phi) is 5.80. The number of benzene rings is 3. The van der Waals surface area contributed by atoms with E-state index in [1.165, 1.54) is 0 Å². The Morgan fingerprint density at radius 1 is 0.897 bits per heavy atom. The van der Waals surface area contributed by atoms with Crippen LogP contribution >= 0.6 is 0 Å². The molecule has 0 aliphatic carbocycles. The average molecular weight is 375 g/mol. The van der Waals surface area contributed by atoms with Crippen molar-refractivity contribution >= 4 is 10.8 Å². The van der Waals surface area contributed by atoms with Gasteiger partial charge in [-0.05, 0) is 40.6 Å². The zero-order valence-electron chi connectivity index (χ0n) is 15.9. The Morgan fingerprint density at radius 2 is 1.62 bits per heavy atom. The van der Waals surface area contributed by atoms with Crippen LogP contribution in [0.1, 0.15) is 23.1 Å². The number of methoxy groups -OCH3 is 1. The summed E-state index contributed by atoms with van der Waals surface area (Å²) in [6.45, 7) is 0. The van der Waals surface area contributed by atoms with Crippen LogP contribution in [0.15, 0.2) is 60.7 Å². The third-order valence-electron chi connectivity index (χ3n) is 4.76. The Hall–Kier alpha value is -4.25. The summed E-state index contributed by atoms with van der Waals surface area (Å²) in [6, 6.07) is 25.1. The van der Waals surface area contributed by atoms with Gasteiger partial charge in [0.1, 0.15) is 11.8 Å². The van der Waals surface area contributed by atoms with Crippen molar-refractivity contribution in [1.82, 2.24) is 0 Å². The second-order valence-electron chi connectivity index (χ2n) is 6.62. The highest BCUT2D eigenvalue weighted by molar-refractivity contribution is 5.89. The van der Waals surface area contributed by atoms with Gasteiger partial charge in [-0.1, -0.05) is 48.2 Å². The van der Waals surface area contributed by atoms with Crippen molar-refractivity contribution in [2.24, 2.45) is 5.41 Å². The van der Waals surface area contributed by atoms with Crippen LogP contribution in [0.2, 0.25) is 0 Å². The van der Waals surface area contributed by atoms with E-state index in [1.807, 2.05) is 48.5 Å². The van der Waals surface area contributed by atoms with E-state index in [1.54, 1.807) is 19.2 Å². The molecular formula is C25H17N3O. The molecule has 0 aliphatic heterocycles. The molecule has 0 saturated carbocycles. The third kappa shape index (κ3) is 4.20. The van der Waals surface area contributed by atoms with Crippen molar-refractivity contribution < 1.29 is 4.74 Å². The van der Waals surface area contributed by atoms with Crippen molar-refractivity contribution in [3.8, 4) is 35.8 Å². The smallest absolute Gasteiger partial charge is 0.158 e. The van der Waals surface area contributed by atoms with Gasteiger partial charge in [-0.3, -0.25) is 0 Å². The van der Waals surface area contributed by atoms with Crippen LogP contribution in [0, 0.1) is 51.2 Å². The van der Waals surface area contributed by atoms with Gasteiger partial charge < -0.3 is 4.74 Å². The van der Waals surface area contributed by atoms with Gasteiger partial charge in [0.15, 0.2) is 5.41 Å². The second-order valence-corrected chi connectivity index (χ2v) is 6.62. The molecule has 29 heavy (non-hydrogen) atoms. The fraction of sp³-hybridized carbons (Fsp3) is 0.160. The van der Waals surface area contributed by atoms with Gasteiger partial charge in [0, 0.05) is 18.4 Å². The van der Waals surface area contributed by atoms with Crippen LogP contribution < -0.4 is 4.74 Å². The molecule has 0 heterocycles. The minimum atomic E-state index is -1.33. The summed E-state index contributed by atoms with van der Waals surface area (Å²) in [7, 11) is 1.59. The number of ether oxygens (including phenoxy) is 1. The van der Waals surface area contributed by atoms with E-state index in [9.17, 15) is 15.8 Å². The van der Waals surface area contributed by atoms with E-state index < -0.39 is 5.41 Å². The van der Waals surface area contributed by atoms with Crippen molar-refractivity contribution in [2.75, 3.05) is 7.11 Å². The summed E-state index contributed by atoms with van der Waals surface area (Å²) in [6.07, 6.45) is 0.231. The van der Waals surface area contributed by atoms with E-state index in [0.29, 0.717) is 11.1 Å². The Labute approximate surface area is 170 Å². The molecule has 0 bridgehead atoms. The second kappa shape index (κ2) is 8.63. The predicted octanol–water partition coefficient (Wildman–Crippen LogP) is 4.74. The zero-order chi connectivity index (χ0) is 20.7. The van der Waals surface area contributed by atoms with E-state index in [-0.39, 0.29) is 12.8 Å². The summed E-state index contributed by atoms with van der Waals surface area (Å²) in [5.74, 6) is 6.68. The van der Waals surface area contributed by atoms with Crippen LogP contribution in [-0.2, 0) is 6.42 Å². The predicted molar refractivity (Wildman–Crippen MR) is 111 cm³/mol. The maximum Gasteiger partial charge on any atom is 0.158 e. The Balaban J connectivity index is 1.90. The molecule has 0 aliphatic rings. The molecule has 0 aromatic heterocycles. The number of hydrogen-bond donors (Lipinski definition) is 0. The largest absolute Gasteiger partial charge is 0.497 e. The molecule has 0 fully saturated rings. The van der Waals surface area contributed by atoms with Crippen molar-refractivity contribution in [2.45, 2.75) is 12.8 Å². The van der Waals surface area contributed by atoms with Crippen LogP contribution in [0.4, 0.5) is 0 Å². The minimum absolute atomic E-state index is 0.0870. The first kappa shape index (κ1) is 19.5. The first-order valence-electron chi connectivity index (χ1n) is 9.01. The fourth-order valence-electron chi connectivity index (χ4n) is 3.14. The molecule has 138 valence electrons. The summed E-state index contributed by atoms with van der Waals surface area (Å²) < 4.78 is 5.12. The lowest BCUT2D eigenvalue weighted by molar-refractivity contribution is 0.415. The molecule has 3 aromatic rings. The van der Waals surface area contributed by atoms with Gasteiger partial charge in [0.2, 0.25) is 0 Å². The number of nitrogens with zero attached hydrogens (tertiary/aromatic N) is 3. The number of hydrogen-bond acceptors (Lipinski definition) is 4. The van der Waals surface area contributed by atoms with Gasteiger partial charge in [-0.2, -0.15) is 15.8 Å². The highest BCUT2D eigenvalue weighted by Crippen LogP contribution is 2.30. The van der Waals surface area contributed by atoms with Gasteiger partial charge in [0.05, 0.1) is 24.8 Å². The average Bonchev–Trinajstić information content (AvgIpc) is 2.78. The number of nitriles is 3. The van der Waals surface area contributed by atoms with E-state index in [2.05, 4.69) is 30.0 Å². The maximum absolute atomic E-state index is 9.74. The van der Waals surface area contributed by atoms with Crippen molar-refractivity contribution in [3.05, 3.63) is 77.4 Å². The molecule has 0 atom stereocenters. The lowest BCUT2D eigenvalue weighted by Gasteiger charge is -2.17. The molecular weight excluding hydrogens is 358 g/mol. The highest BCUT2D eigenvalue weighted by atomic mass is 16.5. The zero-order valence-corrected chi connectivity index (χ0v) is 15.9. The lowest BCUT2D eigenvalue weighted by Crippen LogP contribution is -2.19. The molecule has 0 radical (unpaired) electrons. The van der Waals surface area contributed by atoms with Crippen LogP contribution in [0.25, 0.3) is 10.8 Å². The molecule has 0 spiro atoms. The number of rotatable bonds is 4. The van der Waals surface area contributed by atoms with E-state index in [4.69, 9.17) is 4.74 Å². The van der Waals surface area contributed by atoms with Gasteiger partial charge in [-0.15, -0.1) is 0 Å². The van der Waals surface area contributed by atoms with Crippen LogP contribution in [-0.4, -0.2) is 7.11 Å². The standard InChI is InChI=1S/C25H17N3O/c1-29-22-12-8-19(9-13-22)5-4-14-25(17-27,18-28)15-21-11-10-20-6-2-3-7-23(20)24(21)16-26/h2-3,6-13H,14-15H2,1H3. The van der Waals surface area contributed by atoms with Crippen molar-refractivity contribution in [1.29, 1.82) is 15.8 Å². The topological polar surface area (TPSA) is 80.6 Å². The molecule has 4 nitrogen and oxygen atoms in total. The maximum atomic E-state index is 9.74. The third-order valence-corrected chi connectivity index (χ3v) is 4.76. The highest BCUT2D eigenvalue weighted by Gasteiger charge is 2.31. The molecule has 0 saturated heterocycles. The molecule has 4 heteroatoms. The van der Waals surface area contributed by atoms with Crippen LogP contribution in [0.3, 0.4) is 0 Å². The van der Waals surface area contributed by atoms with E-state index >= 15 is 0 Å². The monoisotopic (exact) mass is 375 g/mol. The lowest BCUT2D eigenvalue weighted by atomic mass is 9.80. The minimum Gasteiger partial charge on any atom is -0.497 e. The molecule has 0 N–H and O–H groups in total. The normalized spacial score (nSPS) is 10.1. The molecule has 3 aromatic carbocycles. The van der Waals surface area contributed by atoms with Crippen LogP contribution in [0.5, 0.6) is 5.75 Å². The van der Waals surface area contributed by atoms with E-state index in [0.717, 1.165) is 22.1 Å². The summed E-state index contributed by atoms with van der Waals surface area (Å²) in [4.78, 5) is 0. The summed E-state index contributed by atoms with van der Waals surface area (Å²) >= 11 is 0. The number of fused-ring (bicyclic) bond motifs is 1. The fourth-order valence-corrected chi connectivity index (χ4v) is 3.14. The Bertz CT molecular complexity index is 1210. The molecule has 0 unspecified atom stereocenters. The van der Waals surface area contributed by atoms with Gasteiger partial charge in [0.25, 0.3) is 0 Å². The quantitative estimate of drug-likeness (QED) is 0.617. The van der Waals surface area contributed by atoms with Crippen molar-refractivity contribution in [3.63, 3.8) is 0 Å². The SMILES string of the molecule is COc1ccc(C#CCC(C#N)(C#N)Cc2ccc3ccccc3c2C#N)cc1. The van der Waals surface area contributed by atoms with Gasteiger partial charge >= 0.3 is 0 Å². The summed E-state index contributed by atoms with van der Waals surface area (Å²) in [5, 5.41) is 30.9. The molecule has 3 rings (SSSR count). The van der Waals surface area contributed by atoms with Gasteiger partial charge in [-0.25, -0.2) is 0 Å². The molecule has 0 amide bonds.